The lowest BCUT2D eigenvalue weighted by Gasteiger charge is -2.12. The zero-order valence-corrected chi connectivity index (χ0v) is 17.8. The van der Waals surface area contributed by atoms with Crippen LogP contribution in [0.4, 0.5) is 18.9 Å². The zero-order chi connectivity index (χ0) is 22.9. The van der Waals surface area contributed by atoms with Crippen molar-refractivity contribution >= 4 is 38.4 Å². The van der Waals surface area contributed by atoms with Gasteiger partial charge in [0.2, 0.25) is 0 Å². The number of benzene rings is 2. The second kappa shape index (κ2) is 8.43. The van der Waals surface area contributed by atoms with Crippen LogP contribution >= 0.6 is 15.9 Å². The van der Waals surface area contributed by atoms with E-state index in [1.807, 2.05) is 6.07 Å². The highest BCUT2D eigenvalue weighted by Crippen LogP contribution is 2.32. The van der Waals surface area contributed by atoms with Crippen molar-refractivity contribution in [2.75, 3.05) is 5.32 Å². The second-order valence-corrected chi connectivity index (χ2v) is 7.82. The van der Waals surface area contributed by atoms with Gasteiger partial charge in [0, 0.05) is 16.1 Å². The number of halogens is 4. The van der Waals surface area contributed by atoms with Crippen LogP contribution < -0.4 is 5.32 Å². The molecule has 0 saturated heterocycles. The summed E-state index contributed by atoms with van der Waals surface area (Å²) in [5.74, 6) is -0.709. The topological polar surface area (TPSA) is 83.6 Å². The molecule has 0 aliphatic carbocycles. The molecule has 0 saturated carbocycles. The summed E-state index contributed by atoms with van der Waals surface area (Å²) in [6.07, 6.45) is -1.71. The molecule has 0 fully saturated rings. The number of amides is 1. The number of nitrogens with one attached hydrogen (secondary N) is 1. The molecule has 10 heteroatoms. The Kier molecular flexibility index (Phi) is 5.67. The van der Waals surface area contributed by atoms with Gasteiger partial charge in [0.25, 0.3) is 5.91 Å². The van der Waals surface area contributed by atoms with E-state index in [9.17, 15) is 18.0 Å². The Morgan fingerprint density at radius 1 is 1.16 bits per heavy atom. The third kappa shape index (κ3) is 4.63. The first-order chi connectivity index (χ1) is 15.2. The summed E-state index contributed by atoms with van der Waals surface area (Å²) in [5.41, 5.74) is 0.528. The van der Waals surface area contributed by atoms with Gasteiger partial charge in [0.15, 0.2) is 0 Å². The predicted octanol–water partition coefficient (Wildman–Crippen LogP) is 5.38. The summed E-state index contributed by atoms with van der Waals surface area (Å²) in [5, 5.41) is 15.9. The van der Waals surface area contributed by atoms with Gasteiger partial charge in [0.05, 0.1) is 41.1 Å². The van der Waals surface area contributed by atoms with Crippen LogP contribution in [0.2, 0.25) is 0 Å². The van der Waals surface area contributed by atoms with E-state index in [2.05, 4.69) is 31.3 Å². The molecule has 2 aromatic heterocycles. The molecule has 0 aliphatic heterocycles. The summed E-state index contributed by atoms with van der Waals surface area (Å²) >= 11 is 3.27. The molecule has 4 aromatic rings. The summed E-state index contributed by atoms with van der Waals surface area (Å²) < 4.78 is 42.0. The van der Waals surface area contributed by atoms with E-state index in [0.717, 1.165) is 11.6 Å². The van der Waals surface area contributed by atoms with Crippen LogP contribution in [0.3, 0.4) is 0 Å². The molecule has 0 atom stereocenters. The maximum Gasteiger partial charge on any atom is 0.433 e. The molecule has 0 unspecified atom stereocenters. The summed E-state index contributed by atoms with van der Waals surface area (Å²) in [7, 11) is 0. The Hall–Kier alpha value is -3.71. The van der Waals surface area contributed by atoms with Gasteiger partial charge < -0.3 is 5.32 Å². The van der Waals surface area contributed by atoms with Crippen molar-refractivity contribution in [1.29, 1.82) is 5.26 Å². The number of nitrogens with zero attached hydrogens (tertiary/aromatic N) is 4. The van der Waals surface area contributed by atoms with Crippen molar-refractivity contribution in [2.24, 2.45) is 0 Å². The van der Waals surface area contributed by atoms with Crippen LogP contribution in [0.1, 0.15) is 27.2 Å². The number of nitriles is 1. The third-order valence-corrected chi connectivity index (χ3v) is 5.12. The van der Waals surface area contributed by atoms with Crippen molar-refractivity contribution in [3.05, 3.63) is 87.8 Å². The summed E-state index contributed by atoms with van der Waals surface area (Å²) in [6.45, 7) is 0.394. The van der Waals surface area contributed by atoms with Gasteiger partial charge in [0.1, 0.15) is 5.69 Å². The third-order valence-electron chi connectivity index (χ3n) is 4.62. The number of aromatic nitrogens is 3. The molecule has 1 N–H and O–H groups in total. The van der Waals surface area contributed by atoms with E-state index in [0.29, 0.717) is 22.3 Å². The molecule has 2 aromatic carbocycles. The van der Waals surface area contributed by atoms with Crippen molar-refractivity contribution in [3.8, 4) is 6.07 Å². The van der Waals surface area contributed by atoms with Gasteiger partial charge in [-0.05, 0) is 42.0 Å². The zero-order valence-electron chi connectivity index (χ0n) is 16.2. The minimum atomic E-state index is -4.69. The fraction of sp³-hybridized carbons (Fsp3) is 0.0909. The SMILES string of the molecule is N#Cc1ccc(Cn2cc(NC(=O)c3cc(C(F)(F)F)nc4ccc(Br)cc34)cn2)cc1. The average molecular weight is 500 g/mol. The summed E-state index contributed by atoms with van der Waals surface area (Å²) in [6, 6.07) is 14.3. The maximum atomic E-state index is 13.3. The Labute approximate surface area is 188 Å². The molecule has 0 radical (unpaired) electrons. The number of carbonyl (C=O) groups is 1. The highest BCUT2D eigenvalue weighted by molar-refractivity contribution is 9.10. The van der Waals surface area contributed by atoms with Gasteiger partial charge in [-0.1, -0.05) is 28.1 Å². The lowest BCUT2D eigenvalue weighted by atomic mass is 10.1. The highest BCUT2D eigenvalue weighted by Gasteiger charge is 2.34. The number of pyridine rings is 1. The number of fused-ring (bicyclic) bond motifs is 1. The number of alkyl halides is 3. The number of anilines is 1. The summed E-state index contributed by atoms with van der Waals surface area (Å²) in [4.78, 5) is 16.5. The Balaban J connectivity index is 1.60. The number of carbonyl (C=O) groups excluding carboxylic acids is 1. The van der Waals surface area contributed by atoms with E-state index in [4.69, 9.17) is 5.26 Å². The van der Waals surface area contributed by atoms with E-state index in [1.165, 1.54) is 12.3 Å². The molecule has 4 rings (SSSR count). The molecule has 32 heavy (non-hydrogen) atoms. The van der Waals surface area contributed by atoms with Crippen molar-refractivity contribution < 1.29 is 18.0 Å². The van der Waals surface area contributed by atoms with Crippen molar-refractivity contribution in [3.63, 3.8) is 0 Å². The first-order valence-electron chi connectivity index (χ1n) is 9.23. The molecule has 0 aliphatic rings. The maximum absolute atomic E-state index is 13.3. The monoisotopic (exact) mass is 499 g/mol. The standard InChI is InChI=1S/C22H13BrF3N5O/c23-15-5-6-19-17(7-15)18(8-20(30-19)22(24,25)26)21(32)29-16-10-28-31(12-16)11-14-3-1-13(9-27)2-4-14/h1-8,10,12H,11H2,(H,29,32). The number of hydrogen-bond acceptors (Lipinski definition) is 4. The van der Waals surface area contributed by atoms with Gasteiger partial charge in [-0.3, -0.25) is 9.48 Å². The van der Waals surface area contributed by atoms with E-state index in [1.54, 1.807) is 47.3 Å². The molecule has 1 amide bonds. The number of hydrogen-bond donors (Lipinski definition) is 1. The highest BCUT2D eigenvalue weighted by atomic mass is 79.9. The Morgan fingerprint density at radius 3 is 2.59 bits per heavy atom. The van der Waals surface area contributed by atoms with Crippen molar-refractivity contribution in [1.82, 2.24) is 14.8 Å². The van der Waals surface area contributed by atoms with Crippen LogP contribution in [-0.4, -0.2) is 20.7 Å². The Morgan fingerprint density at radius 2 is 1.91 bits per heavy atom. The minimum absolute atomic E-state index is 0.0599. The van der Waals surface area contributed by atoms with Crippen molar-refractivity contribution in [2.45, 2.75) is 12.7 Å². The molecule has 2 heterocycles. The van der Waals surface area contributed by atoms with Gasteiger partial charge in [-0.15, -0.1) is 0 Å². The second-order valence-electron chi connectivity index (χ2n) is 6.90. The average Bonchev–Trinajstić information content (AvgIpc) is 3.19. The molecule has 0 spiro atoms. The molecular formula is C22H13BrF3N5O. The van der Waals surface area contributed by atoms with Crippen LogP contribution in [0.25, 0.3) is 10.9 Å². The van der Waals surface area contributed by atoms with E-state index in [-0.39, 0.29) is 16.5 Å². The fourth-order valence-electron chi connectivity index (χ4n) is 3.12. The largest absolute Gasteiger partial charge is 0.433 e. The van der Waals surface area contributed by atoms with Gasteiger partial charge >= 0.3 is 6.18 Å². The first kappa shape index (κ1) is 21.5. The lowest BCUT2D eigenvalue weighted by molar-refractivity contribution is -0.140. The van der Waals surface area contributed by atoms with Crippen LogP contribution in [0.15, 0.2) is 65.4 Å². The van der Waals surface area contributed by atoms with Gasteiger partial charge in [-0.25, -0.2) is 4.98 Å². The molecular weight excluding hydrogens is 487 g/mol. The smallest absolute Gasteiger partial charge is 0.319 e. The van der Waals surface area contributed by atoms with E-state index >= 15 is 0 Å². The van der Waals surface area contributed by atoms with Crippen LogP contribution in [-0.2, 0) is 12.7 Å². The predicted molar refractivity (Wildman–Crippen MR) is 115 cm³/mol. The number of rotatable bonds is 4. The van der Waals surface area contributed by atoms with Gasteiger partial charge in [-0.2, -0.15) is 23.5 Å². The van der Waals surface area contributed by atoms with Crippen LogP contribution in [0.5, 0.6) is 0 Å². The quantitative estimate of drug-likeness (QED) is 0.408. The molecule has 160 valence electrons. The normalized spacial score (nSPS) is 11.3. The lowest BCUT2D eigenvalue weighted by Crippen LogP contribution is -2.16. The van der Waals surface area contributed by atoms with E-state index < -0.39 is 17.8 Å². The Bertz CT molecular complexity index is 1360. The fourth-order valence-corrected chi connectivity index (χ4v) is 3.48. The minimum Gasteiger partial charge on any atom is -0.319 e. The molecule has 6 nitrogen and oxygen atoms in total. The molecule has 0 bridgehead atoms. The first-order valence-corrected chi connectivity index (χ1v) is 10.0. The van der Waals surface area contributed by atoms with Crippen LogP contribution in [0, 0.1) is 11.3 Å².